The molecular formula is C29H27F2N3O6. The smallest absolute Gasteiger partial charge is 0.319 e. The van der Waals surface area contributed by atoms with Gasteiger partial charge in [-0.1, -0.05) is 12.1 Å². The second-order valence-corrected chi connectivity index (χ2v) is 8.89. The van der Waals surface area contributed by atoms with E-state index < -0.39 is 17.9 Å². The van der Waals surface area contributed by atoms with Crippen LogP contribution < -0.4 is 29.6 Å². The zero-order valence-electron chi connectivity index (χ0n) is 21.8. The molecule has 9 nitrogen and oxygen atoms in total. The summed E-state index contributed by atoms with van der Waals surface area (Å²) in [6.07, 6.45) is 1.53. The first-order valence-electron chi connectivity index (χ1n) is 12.6. The van der Waals surface area contributed by atoms with Gasteiger partial charge in [-0.15, -0.1) is 0 Å². The Hall–Kier alpha value is -4.64. The van der Waals surface area contributed by atoms with Crippen molar-refractivity contribution >= 4 is 22.6 Å². The van der Waals surface area contributed by atoms with Gasteiger partial charge in [0.15, 0.2) is 23.1 Å². The zero-order chi connectivity index (χ0) is 28.1. The minimum absolute atomic E-state index is 0.0657. The predicted octanol–water partition coefficient (Wildman–Crippen LogP) is 5.98. The third-order valence-electron chi connectivity index (χ3n) is 6.12. The van der Waals surface area contributed by atoms with Crippen molar-refractivity contribution in [1.29, 1.82) is 0 Å². The molecule has 1 aromatic heterocycles. The number of hydrogen-bond acceptors (Lipinski definition) is 7. The van der Waals surface area contributed by atoms with Gasteiger partial charge in [0.1, 0.15) is 31.4 Å². The van der Waals surface area contributed by atoms with E-state index in [0.29, 0.717) is 60.3 Å². The van der Waals surface area contributed by atoms with Crippen molar-refractivity contribution in [2.75, 3.05) is 38.9 Å². The lowest BCUT2D eigenvalue weighted by Crippen LogP contribution is -2.31. The van der Waals surface area contributed by atoms with Gasteiger partial charge in [0, 0.05) is 31.1 Å². The number of nitrogens with zero attached hydrogens (tertiary/aromatic N) is 1. The molecule has 0 saturated heterocycles. The van der Waals surface area contributed by atoms with Crippen molar-refractivity contribution in [1.82, 2.24) is 10.3 Å². The molecule has 0 aliphatic carbocycles. The highest BCUT2D eigenvalue weighted by Gasteiger charge is 2.25. The largest absolute Gasteiger partial charge is 0.487 e. The molecule has 3 aromatic carbocycles. The molecule has 208 valence electrons. The third-order valence-corrected chi connectivity index (χ3v) is 6.12. The molecule has 1 aliphatic heterocycles. The van der Waals surface area contributed by atoms with Crippen LogP contribution in [0.5, 0.6) is 28.7 Å². The van der Waals surface area contributed by atoms with Crippen molar-refractivity contribution in [2.45, 2.75) is 13.0 Å². The number of pyridine rings is 1. The highest BCUT2D eigenvalue weighted by molar-refractivity contribution is 5.95. The van der Waals surface area contributed by atoms with E-state index in [-0.39, 0.29) is 17.3 Å². The van der Waals surface area contributed by atoms with E-state index in [0.717, 1.165) is 11.6 Å². The maximum Gasteiger partial charge on any atom is 0.319 e. The summed E-state index contributed by atoms with van der Waals surface area (Å²) in [6, 6.07) is 12.2. The number of rotatable bonds is 9. The fraction of sp³-hybridized carbons (Fsp3) is 0.241. The highest BCUT2D eigenvalue weighted by Crippen LogP contribution is 2.48. The number of anilines is 1. The molecule has 2 amide bonds. The molecule has 2 N–H and O–H groups in total. The van der Waals surface area contributed by atoms with Crippen molar-refractivity contribution in [3.63, 3.8) is 0 Å². The van der Waals surface area contributed by atoms with E-state index in [4.69, 9.17) is 23.7 Å². The van der Waals surface area contributed by atoms with Crippen LogP contribution in [0.15, 0.2) is 60.8 Å². The Morgan fingerprint density at radius 2 is 1.75 bits per heavy atom. The summed E-state index contributed by atoms with van der Waals surface area (Å²) in [4.78, 5) is 16.8. The van der Waals surface area contributed by atoms with Gasteiger partial charge in [-0.05, 0) is 42.8 Å². The Bertz CT molecular complexity index is 1520. The van der Waals surface area contributed by atoms with Crippen LogP contribution >= 0.6 is 0 Å². The molecule has 5 rings (SSSR count). The Morgan fingerprint density at radius 1 is 0.975 bits per heavy atom. The van der Waals surface area contributed by atoms with Crippen LogP contribution in [0.2, 0.25) is 0 Å². The zero-order valence-corrected chi connectivity index (χ0v) is 21.8. The Balaban J connectivity index is 1.34. The van der Waals surface area contributed by atoms with Crippen molar-refractivity contribution in [3.8, 4) is 28.7 Å². The monoisotopic (exact) mass is 551 g/mol. The van der Waals surface area contributed by atoms with Crippen LogP contribution in [0.3, 0.4) is 0 Å². The number of carbonyl (C=O) groups excluding carboxylic acids is 1. The second kappa shape index (κ2) is 12.0. The van der Waals surface area contributed by atoms with Gasteiger partial charge in [0.2, 0.25) is 5.75 Å². The summed E-state index contributed by atoms with van der Waals surface area (Å²) in [5, 5.41) is 5.83. The first kappa shape index (κ1) is 26.9. The summed E-state index contributed by atoms with van der Waals surface area (Å²) < 4.78 is 56.8. The number of methoxy groups -OCH3 is 1. The average Bonchev–Trinajstić information content (AvgIpc) is 2.95. The molecule has 0 bridgehead atoms. The van der Waals surface area contributed by atoms with E-state index in [1.54, 1.807) is 38.3 Å². The van der Waals surface area contributed by atoms with Gasteiger partial charge in [-0.3, -0.25) is 4.98 Å². The maximum absolute atomic E-state index is 15.1. The Kier molecular flexibility index (Phi) is 8.11. The van der Waals surface area contributed by atoms with E-state index in [1.807, 2.05) is 0 Å². The molecule has 11 heteroatoms. The first-order chi connectivity index (χ1) is 19.4. The third kappa shape index (κ3) is 5.99. The lowest BCUT2D eigenvalue weighted by atomic mass is 10.1. The number of carbonyl (C=O) groups is 1. The van der Waals surface area contributed by atoms with Crippen LogP contribution in [0.4, 0.5) is 19.3 Å². The minimum atomic E-state index is -0.695. The number of halogens is 2. The fourth-order valence-corrected chi connectivity index (χ4v) is 4.18. The number of hydrogen-bond donors (Lipinski definition) is 2. The molecule has 0 radical (unpaired) electrons. The van der Waals surface area contributed by atoms with Gasteiger partial charge < -0.3 is 34.3 Å². The number of amides is 2. The van der Waals surface area contributed by atoms with Gasteiger partial charge >= 0.3 is 6.03 Å². The van der Waals surface area contributed by atoms with E-state index in [9.17, 15) is 9.18 Å². The lowest BCUT2D eigenvalue weighted by molar-refractivity contribution is 0.134. The SMILES string of the molecule is COCCOc1cc2nccc(Oc3ccc(NC(=O)N[C@@H](C)c4ccc(F)cc4)cc3F)c2c2c1OCCO2. The summed E-state index contributed by atoms with van der Waals surface area (Å²) in [6.45, 7) is 3.11. The molecule has 40 heavy (non-hydrogen) atoms. The van der Waals surface area contributed by atoms with Gasteiger partial charge in [0.05, 0.1) is 23.6 Å². The van der Waals surface area contributed by atoms with Crippen LogP contribution in [0.25, 0.3) is 10.9 Å². The summed E-state index contributed by atoms with van der Waals surface area (Å²) >= 11 is 0. The van der Waals surface area contributed by atoms with Crippen LogP contribution in [0, 0.1) is 11.6 Å². The van der Waals surface area contributed by atoms with Gasteiger partial charge in [0.25, 0.3) is 0 Å². The topological polar surface area (TPSA) is 100 Å². The standard InChI is InChI=1S/C29H27F2N3O6/c1-17(18-3-5-19(30)6-4-18)33-29(35)34-20-7-8-23(21(31)15-20)40-24-9-10-32-22-16-25(37-12-11-36-2)27-28(26(22)24)39-14-13-38-27/h3-10,15-17H,11-14H2,1-2H3,(H2,33,34,35)/t17-/m0/s1. The van der Waals surface area contributed by atoms with E-state index in [1.165, 1.54) is 30.5 Å². The molecule has 0 unspecified atom stereocenters. The van der Waals surface area contributed by atoms with Gasteiger partial charge in [-0.2, -0.15) is 0 Å². The number of nitrogens with one attached hydrogen (secondary N) is 2. The first-order valence-corrected chi connectivity index (χ1v) is 12.6. The molecule has 0 fully saturated rings. The Morgan fingerprint density at radius 3 is 2.50 bits per heavy atom. The number of aromatic nitrogens is 1. The van der Waals surface area contributed by atoms with Crippen LogP contribution in [0.1, 0.15) is 18.5 Å². The maximum atomic E-state index is 15.1. The average molecular weight is 552 g/mol. The molecule has 2 heterocycles. The number of benzene rings is 3. The van der Waals surface area contributed by atoms with Crippen LogP contribution in [-0.4, -0.2) is 44.6 Å². The summed E-state index contributed by atoms with van der Waals surface area (Å²) in [5.74, 6) is 0.441. The second-order valence-electron chi connectivity index (χ2n) is 8.89. The quantitative estimate of drug-likeness (QED) is 0.247. The van der Waals surface area contributed by atoms with E-state index in [2.05, 4.69) is 15.6 Å². The summed E-state index contributed by atoms with van der Waals surface area (Å²) in [7, 11) is 1.58. The number of ether oxygens (including phenoxy) is 5. The molecule has 0 spiro atoms. The normalized spacial score (nSPS) is 13.0. The van der Waals surface area contributed by atoms with Crippen LogP contribution in [-0.2, 0) is 4.74 Å². The fourth-order valence-electron chi connectivity index (χ4n) is 4.18. The number of urea groups is 1. The molecule has 4 aromatic rings. The number of fused-ring (bicyclic) bond motifs is 3. The van der Waals surface area contributed by atoms with Crippen molar-refractivity contribution in [2.24, 2.45) is 0 Å². The Labute approximate surface area is 229 Å². The van der Waals surface area contributed by atoms with E-state index >= 15 is 4.39 Å². The van der Waals surface area contributed by atoms with Gasteiger partial charge in [-0.25, -0.2) is 13.6 Å². The van der Waals surface area contributed by atoms with Crippen molar-refractivity contribution in [3.05, 3.63) is 78.0 Å². The molecule has 1 atom stereocenters. The molecular weight excluding hydrogens is 524 g/mol. The summed E-state index contributed by atoms with van der Waals surface area (Å²) in [5.41, 5.74) is 1.46. The molecule has 1 aliphatic rings. The minimum Gasteiger partial charge on any atom is -0.487 e. The molecule has 0 saturated carbocycles. The van der Waals surface area contributed by atoms with Crippen molar-refractivity contribution < 1.29 is 37.3 Å². The lowest BCUT2D eigenvalue weighted by Gasteiger charge is -2.23. The predicted molar refractivity (Wildman–Crippen MR) is 144 cm³/mol. The highest BCUT2D eigenvalue weighted by atomic mass is 19.1.